The van der Waals surface area contributed by atoms with Gasteiger partial charge in [-0.2, -0.15) is 0 Å². The van der Waals surface area contributed by atoms with Gasteiger partial charge in [-0.25, -0.2) is 0 Å². The van der Waals surface area contributed by atoms with Gasteiger partial charge in [0, 0.05) is 5.39 Å². The second kappa shape index (κ2) is 9.32. The van der Waals surface area contributed by atoms with Crippen LogP contribution in [-0.2, 0) is 0 Å². The molecule has 0 nitrogen and oxygen atoms in total. The Labute approximate surface area is 179 Å². The van der Waals surface area contributed by atoms with Crippen molar-refractivity contribution in [2.75, 3.05) is 6.16 Å². The van der Waals surface area contributed by atoms with Crippen LogP contribution in [0.1, 0.15) is 6.92 Å². The molecule has 0 bridgehead atoms. The van der Waals surface area contributed by atoms with Gasteiger partial charge in [0.25, 0.3) is 0 Å². The van der Waals surface area contributed by atoms with Crippen LogP contribution >= 0.6 is 7.26 Å². The van der Waals surface area contributed by atoms with Gasteiger partial charge in [0.2, 0.25) is 0 Å². The molecule has 0 amide bonds. The third-order valence-corrected chi connectivity index (χ3v) is 9.52. The Morgan fingerprint density at radius 3 is 1.79 bits per heavy atom. The van der Waals surface area contributed by atoms with E-state index in [0.717, 1.165) is 6.16 Å². The predicted molar refractivity (Wildman–Crippen MR) is 122 cm³/mol. The molecule has 4 aromatic carbocycles. The summed E-state index contributed by atoms with van der Waals surface area (Å²) in [6.07, 6.45) is 5.56. The highest BCUT2D eigenvalue weighted by molar-refractivity contribution is 7.96. The van der Waals surface area contributed by atoms with Crippen LogP contribution in [0.15, 0.2) is 115 Å². The Morgan fingerprint density at radius 2 is 1.18 bits per heavy atom. The summed E-state index contributed by atoms with van der Waals surface area (Å²) in [4.78, 5) is 0. The van der Waals surface area contributed by atoms with Crippen LogP contribution < -0.4 is 32.9 Å². The van der Waals surface area contributed by atoms with E-state index in [1.54, 1.807) is 0 Å². The Balaban J connectivity index is 0.00000225. The monoisotopic (exact) mass is 446 g/mol. The smallest absolute Gasteiger partial charge is 0.116 e. The van der Waals surface area contributed by atoms with Crippen molar-refractivity contribution in [1.82, 2.24) is 0 Å². The van der Waals surface area contributed by atoms with Gasteiger partial charge in [-0.3, -0.25) is 0 Å². The lowest BCUT2D eigenvalue weighted by Crippen LogP contribution is -3.00. The molecular formula is C26H24BrP. The Bertz CT molecular complexity index is 1010. The van der Waals surface area contributed by atoms with Gasteiger partial charge in [0.15, 0.2) is 0 Å². The molecular weight excluding hydrogens is 423 g/mol. The van der Waals surface area contributed by atoms with Crippen LogP contribution in [-0.4, -0.2) is 6.16 Å². The molecule has 0 aliphatic rings. The maximum Gasteiger partial charge on any atom is 0.116 e. The summed E-state index contributed by atoms with van der Waals surface area (Å²) in [7, 11) is -1.80. The first kappa shape index (κ1) is 20.5. The van der Waals surface area contributed by atoms with Gasteiger partial charge in [-0.15, -0.1) is 0 Å². The molecule has 0 spiro atoms. The largest absolute Gasteiger partial charge is 1.00 e. The van der Waals surface area contributed by atoms with Gasteiger partial charge in [-0.1, -0.05) is 84.9 Å². The first-order valence-electron chi connectivity index (χ1n) is 9.45. The van der Waals surface area contributed by atoms with E-state index in [-0.39, 0.29) is 17.0 Å². The number of allylic oxidation sites excluding steroid dienone is 2. The quantitative estimate of drug-likeness (QED) is 0.326. The van der Waals surface area contributed by atoms with Crippen molar-refractivity contribution >= 4 is 33.9 Å². The summed E-state index contributed by atoms with van der Waals surface area (Å²) in [5.41, 5.74) is 0. The molecule has 0 aliphatic heterocycles. The van der Waals surface area contributed by atoms with Crippen molar-refractivity contribution in [3.05, 3.63) is 115 Å². The number of fused-ring (bicyclic) bond motifs is 1. The zero-order chi connectivity index (χ0) is 18.5. The first-order valence-corrected chi connectivity index (χ1v) is 11.4. The SMILES string of the molecule is CC=CC[P+](c1ccccc1)(c1ccccc1)c1cccc2ccccc12.[Br-]. The van der Waals surface area contributed by atoms with Crippen LogP contribution in [0.25, 0.3) is 10.8 Å². The van der Waals surface area contributed by atoms with Gasteiger partial charge in [-0.05, 0) is 42.6 Å². The van der Waals surface area contributed by atoms with Crippen LogP contribution in [0.3, 0.4) is 0 Å². The van der Waals surface area contributed by atoms with E-state index in [1.807, 2.05) is 0 Å². The predicted octanol–water partition coefficient (Wildman–Crippen LogP) is 2.71. The molecule has 0 N–H and O–H groups in total. The average molecular weight is 447 g/mol. The zero-order valence-corrected chi connectivity index (χ0v) is 18.5. The molecule has 0 radical (unpaired) electrons. The third-order valence-electron chi connectivity index (χ3n) is 5.19. The van der Waals surface area contributed by atoms with Gasteiger partial charge in [0.05, 0.1) is 6.16 Å². The van der Waals surface area contributed by atoms with E-state index >= 15 is 0 Å². The van der Waals surface area contributed by atoms with Gasteiger partial charge in [0.1, 0.15) is 23.2 Å². The highest BCUT2D eigenvalue weighted by Crippen LogP contribution is 2.56. The van der Waals surface area contributed by atoms with E-state index in [1.165, 1.54) is 26.7 Å². The Kier molecular flexibility index (Phi) is 6.83. The molecule has 0 aliphatic carbocycles. The lowest BCUT2D eigenvalue weighted by Gasteiger charge is -2.27. The number of halogens is 1. The highest BCUT2D eigenvalue weighted by atomic mass is 79.9. The molecule has 0 aromatic heterocycles. The molecule has 0 heterocycles. The second-order valence-electron chi connectivity index (χ2n) is 6.73. The molecule has 0 saturated heterocycles. The van der Waals surface area contributed by atoms with E-state index in [9.17, 15) is 0 Å². The van der Waals surface area contributed by atoms with Crippen molar-refractivity contribution in [3.63, 3.8) is 0 Å². The maximum atomic E-state index is 2.35. The van der Waals surface area contributed by atoms with E-state index in [0.29, 0.717) is 0 Å². The highest BCUT2D eigenvalue weighted by Gasteiger charge is 2.45. The molecule has 0 unspecified atom stereocenters. The normalized spacial score (nSPS) is 11.5. The van der Waals surface area contributed by atoms with Crippen LogP contribution in [0.5, 0.6) is 0 Å². The van der Waals surface area contributed by atoms with Crippen molar-refractivity contribution in [1.29, 1.82) is 0 Å². The van der Waals surface area contributed by atoms with E-state index < -0.39 is 7.26 Å². The van der Waals surface area contributed by atoms with E-state index in [2.05, 4.69) is 122 Å². The van der Waals surface area contributed by atoms with Crippen molar-refractivity contribution in [2.24, 2.45) is 0 Å². The minimum absolute atomic E-state index is 0. The lowest BCUT2D eigenvalue weighted by atomic mass is 10.1. The average Bonchev–Trinajstić information content (AvgIpc) is 2.76. The molecule has 0 saturated carbocycles. The van der Waals surface area contributed by atoms with Gasteiger partial charge < -0.3 is 17.0 Å². The topological polar surface area (TPSA) is 0 Å². The standard InChI is InChI=1S/C26H24P.BrH/c1-2-3-21-27(23-15-6-4-7-16-23,24-17-8-5-9-18-24)26-20-12-14-22-13-10-11-19-25(22)26;/h2-20H,21H2,1H3;1H/q+1;/p-1. The summed E-state index contributed by atoms with van der Waals surface area (Å²) in [6, 6.07) is 37.7. The zero-order valence-electron chi connectivity index (χ0n) is 16.0. The van der Waals surface area contributed by atoms with Crippen LogP contribution in [0.2, 0.25) is 0 Å². The summed E-state index contributed by atoms with van der Waals surface area (Å²) in [6.45, 7) is 2.12. The number of benzene rings is 4. The molecule has 0 fully saturated rings. The number of hydrogen-bond donors (Lipinski definition) is 0. The molecule has 4 aromatic rings. The summed E-state index contributed by atoms with van der Waals surface area (Å²) in [5, 5.41) is 7.02. The lowest BCUT2D eigenvalue weighted by molar-refractivity contribution is -0.00000520. The molecule has 140 valence electrons. The molecule has 2 heteroatoms. The fourth-order valence-corrected chi connectivity index (χ4v) is 8.22. The van der Waals surface area contributed by atoms with Gasteiger partial charge >= 0.3 is 0 Å². The third kappa shape index (κ3) is 3.70. The molecule has 4 rings (SSSR count). The molecule has 28 heavy (non-hydrogen) atoms. The summed E-state index contributed by atoms with van der Waals surface area (Å²) < 4.78 is 0. The maximum absolute atomic E-state index is 2.35. The minimum Gasteiger partial charge on any atom is -1.00 e. The summed E-state index contributed by atoms with van der Waals surface area (Å²) in [5.74, 6) is 0. The fourth-order valence-electron chi connectivity index (χ4n) is 3.91. The number of rotatable bonds is 5. The second-order valence-corrected chi connectivity index (χ2v) is 10.2. The number of hydrogen-bond acceptors (Lipinski definition) is 0. The first-order chi connectivity index (χ1) is 13.4. The van der Waals surface area contributed by atoms with Crippen molar-refractivity contribution < 1.29 is 17.0 Å². The van der Waals surface area contributed by atoms with Crippen molar-refractivity contribution in [2.45, 2.75) is 6.92 Å². The fraction of sp³-hybridized carbons (Fsp3) is 0.0769. The summed E-state index contributed by atoms with van der Waals surface area (Å²) >= 11 is 0. The Hall–Kier alpha value is -2.21. The van der Waals surface area contributed by atoms with E-state index in [4.69, 9.17) is 0 Å². The van der Waals surface area contributed by atoms with Crippen molar-refractivity contribution in [3.8, 4) is 0 Å². The Morgan fingerprint density at radius 1 is 0.643 bits per heavy atom. The van der Waals surface area contributed by atoms with Crippen LogP contribution in [0, 0.1) is 0 Å². The van der Waals surface area contributed by atoms with Crippen LogP contribution in [0.4, 0.5) is 0 Å². The molecule has 0 atom stereocenters. The minimum atomic E-state index is -1.80.